The molecule has 1 aromatic heterocycles. The summed E-state index contributed by atoms with van der Waals surface area (Å²) < 4.78 is 0. The van der Waals surface area contributed by atoms with Gasteiger partial charge in [0.15, 0.2) is 0 Å². The SMILES string of the molecule is O=C(O)c1cccc(NC(=O)c2cccc(Cl)n2)c1. The van der Waals surface area contributed by atoms with E-state index in [9.17, 15) is 9.59 Å². The van der Waals surface area contributed by atoms with Gasteiger partial charge in [-0.25, -0.2) is 9.78 Å². The number of halogens is 1. The van der Waals surface area contributed by atoms with E-state index in [1.165, 1.54) is 18.2 Å². The van der Waals surface area contributed by atoms with Crippen LogP contribution in [0.25, 0.3) is 0 Å². The van der Waals surface area contributed by atoms with Crippen molar-refractivity contribution in [1.82, 2.24) is 4.98 Å². The second kappa shape index (κ2) is 5.49. The summed E-state index contributed by atoms with van der Waals surface area (Å²) in [5, 5.41) is 11.6. The number of hydrogen-bond donors (Lipinski definition) is 2. The molecule has 1 heterocycles. The number of nitrogens with one attached hydrogen (secondary N) is 1. The molecule has 2 N–H and O–H groups in total. The molecule has 0 aliphatic carbocycles. The number of carboxylic acids is 1. The molecule has 0 saturated heterocycles. The van der Waals surface area contributed by atoms with Crippen molar-refractivity contribution in [2.75, 3.05) is 5.32 Å². The fraction of sp³-hybridized carbons (Fsp3) is 0. The van der Waals surface area contributed by atoms with Gasteiger partial charge in [-0.2, -0.15) is 0 Å². The molecule has 2 rings (SSSR count). The van der Waals surface area contributed by atoms with E-state index in [-0.39, 0.29) is 16.4 Å². The first-order valence-corrected chi connectivity index (χ1v) is 5.71. The third-order valence-corrected chi connectivity index (χ3v) is 2.53. The number of anilines is 1. The summed E-state index contributed by atoms with van der Waals surface area (Å²) in [7, 11) is 0. The lowest BCUT2D eigenvalue weighted by Gasteiger charge is -2.05. The number of carbonyl (C=O) groups is 2. The average molecular weight is 277 g/mol. The highest BCUT2D eigenvalue weighted by atomic mass is 35.5. The number of aromatic carboxylic acids is 1. The molecule has 0 spiro atoms. The number of nitrogens with zero attached hydrogens (tertiary/aromatic N) is 1. The van der Waals surface area contributed by atoms with E-state index in [2.05, 4.69) is 10.3 Å². The van der Waals surface area contributed by atoms with Crippen LogP contribution in [0.1, 0.15) is 20.8 Å². The van der Waals surface area contributed by atoms with Gasteiger partial charge in [0.2, 0.25) is 0 Å². The van der Waals surface area contributed by atoms with Gasteiger partial charge in [-0.15, -0.1) is 0 Å². The van der Waals surface area contributed by atoms with E-state index in [0.29, 0.717) is 5.69 Å². The molecule has 0 aliphatic rings. The van der Waals surface area contributed by atoms with E-state index in [1.54, 1.807) is 24.3 Å². The van der Waals surface area contributed by atoms with Gasteiger partial charge in [0.25, 0.3) is 5.91 Å². The van der Waals surface area contributed by atoms with Crippen LogP contribution < -0.4 is 5.32 Å². The van der Waals surface area contributed by atoms with Gasteiger partial charge in [-0.05, 0) is 30.3 Å². The molecule has 0 unspecified atom stereocenters. The number of pyridine rings is 1. The van der Waals surface area contributed by atoms with Crippen molar-refractivity contribution in [2.45, 2.75) is 0 Å². The summed E-state index contributed by atoms with van der Waals surface area (Å²) in [6, 6.07) is 10.6. The Bertz CT molecular complexity index is 643. The van der Waals surface area contributed by atoms with E-state index in [4.69, 9.17) is 16.7 Å². The molecule has 6 heteroatoms. The lowest BCUT2D eigenvalue weighted by molar-refractivity contribution is 0.0696. The topological polar surface area (TPSA) is 79.3 Å². The number of carboxylic acid groups (broad SMARTS) is 1. The summed E-state index contributed by atoms with van der Waals surface area (Å²) in [6.45, 7) is 0. The molecule has 0 atom stereocenters. The first-order valence-electron chi connectivity index (χ1n) is 5.33. The zero-order valence-electron chi connectivity index (χ0n) is 9.63. The van der Waals surface area contributed by atoms with Gasteiger partial charge in [-0.3, -0.25) is 4.79 Å². The van der Waals surface area contributed by atoms with E-state index in [0.717, 1.165) is 0 Å². The lowest BCUT2D eigenvalue weighted by Crippen LogP contribution is -2.14. The Hall–Kier alpha value is -2.40. The van der Waals surface area contributed by atoms with E-state index < -0.39 is 11.9 Å². The highest BCUT2D eigenvalue weighted by Crippen LogP contribution is 2.12. The summed E-state index contributed by atoms with van der Waals surface area (Å²) in [6.07, 6.45) is 0. The molecule has 0 saturated carbocycles. The standard InChI is InChI=1S/C13H9ClN2O3/c14-11-6-2-5-10(16-11)12(17)15-9-4-1-3-8(7-9)13(18)19/h1-7H,(H,15,17)(H,18,19). The first-order chi connectivity index (χ1) is 9.06. The number of rotatable bonds is 3. The van der Waals surface area contributed by atoms with Gasteiger partial charge in [-0.1, -0.05) is 23.7 Å². The molecule has 0 fully saturated rings. The molecule has 0 bridgehead atoms. The molecular weight excluding hydrogens is 268 g/mol. The monoisotopic (exact) mass is 276 g/mol. The molecule has 96 valence electrons. The van der Waals surface area contributed by atoms with Crippen LogP contribution in [0.15, 0.2) is 42.5 Å². The Morgan fingerprint density at radius 2 is 1.89 bits per heavy atom. The molecule has 19 heavy (non-hydrogen) atoms. The summed E-state index contributed by atoms with van der Waals surface area (Å²) in [5.41, 5.74) is 0.636. The second-order valence-electron chi connectivity index (χ2n) is 3.69. The van der Waals surface area contributed by atoms with Crippen LogP contribution in [0.2, 0.25) is 5.15 Å². The van der Waals surface area contributed by atoms with Crippen molar-refractivity contribution in [3.05, 3.63) is 58.9 Å². The Morgan fingerprint density at radius 1 is 1.16 bits per heavy atom. The molecule has 2 aromatic rings. The minimum absolute atomic E-state index is 0.0943. The highest BCUT2D eigenvalue weighted by molar-refractivity contribution is 6.29. The number of aromatic nitrogens is 1. The van der Waals surface area contributed by atoms with Crippen LogP contribution >= 0.6 is 11.6 Å². The predicted octanol–water partition coefficient (Wildman–Crippen LogP) is 2.69. The van der Waals surface area contributed by atoms with E-state index >= 15 is 0 Å². The Kier molecular flexibility index (Phi) is 3.77. The third-order valence-electron chi connectivity index (χ3n) is 2.32. The summed E-state index contributed by atoms with van der Waals surface area (Å²) in [4.78, 5) is 26.5. The normalized spacial score (nSPS) is 9.95. The maximum absolute atomic E-state index is 11.9. The van der Waals surface area contributed by atoms with Crippen LogP contribution in [0.3, 0.4) is 0 Å². The van der Waals surface area contributed by atoms with Gasteiger partial charge in [0, 0.05) is 5.69 Å². The van der Waals surface area contributed by atoms with Gasteiger partial charge < -0.3 is 10.4 Å². The number of carbonyl (C=O) groups excluding carboxylic acids is 1. The van der Waals surface area contributed by atoms with Crippen molar-refractivity contribution in [1.29, 1.82) is 0 Å². The average Bonchev–Trinajstić information content (AvgIpc) is 2.39. The lowest BCUT2D eigenvalue weighted by atomic mass is 10.2. The minimum atomic E-state index is -1.06. The minimum Gasteiger partial charge on any atom is -0.478 e. The molecule has 5 nitrogen and oxygen atoms in total. The number of benzene rings is 1. The van der Waals surface area contributed by atoms with Crippen LogP contribution in [-0.2, 0) is 0 Å². The maximum atomic E-state index is 11.9. The van der Waals surface area contributed by atoms with Crippen molar-refractivity contribution in [2.24, 2.45) is 0 Å². The summed E-state index contributed by atoms with van der Waals surface area (Å²) in [5.74, 6) is -1.51. The predicted molar refractivity (Wildman–Crippen MR) is 70.6 cm³/mol. The Balaban J connectivity index is 2.19. The Morgan fingerprint density at radius 3 is 2.58 bits per heavy atom. The van der Waals surface area contributed by atoms with Gasteiger partial charge >= 0.3 is 5.97 Å². The molecule has 0 aliphatic heterocycles. The van der Waals surface area contributed by atoms with Crippen molar-refractivity contribution in [3.63, 3.8) is 0 Å². The van der Waals surface area contributed by atoms with Crippen molar-refractivity contribution in [3.8, 4) is 0 Å². The largest absolute Gasteiger partial charge is 0.478 e. The zero-order chi connectivity index (χ0) is 13.8. The first kappa shape index (κ1) is 13.0. The van der Waals surface area contributed by atoms with Crippen LogP contribution in [-0.4, -0.2) is 22.0 Å². The van der Waals surface area contributed by atoms with Crippen LogP contribution in [0, 0.1) is 0 Å². The number of hydrogen-bond acceptors (Lipinski definition) is 3. The Labute approximate surface area is 113 Å². The highest BCUT2D eigenvalue weighted by Gasteiger charge is 2.09. The smallest absolute Gasteiger partial charge is 0.335 e. The quantitative estimate of drug-likeness (QED) is 0.845. The maximum Gasteiger partial charge on any atom is 0.335 e. The molecule has 1 amide bonds. The fourth-order valence-corrected chi connectivity index (χ4v) is 1.62. The van der Waals surface area contributed by atoms with E-state index in [1.807, 2.05) is 0 Å². The summed E-state index contributed by atoms with van der Waals surface area (Å²) >= 11 is 5.69. The van der Waals surface area contributed by atoms with Gasteiger partial charge in [0.1, 0.15) is 10.8 Å². The second-order valence-corrected chi connectivity index (χ2v) is 4.07. The fourth-order valence-electron chi connectivity index (χ4n) is 1.46. The third kappa shape index (κ3) is 3.29. The van der Waals surface area contributed by atoms with Crippen LogP contribution in [0.5, 0.6) is 0 Å². The van der Waals surface area contributed by atoms with Crippen molar-refractivity contribution < 1.29 is 14.7 Å². The number of amides is 1. The zero-order valence-corrected chi connectivity index (χ0v) is 10.4. The van der Waals surface area contributed by atoms with Gasteiger partial charge in [0.05, 0.1) is 5.56 Å². The molecular formula is C13H9ClN2O3. The van der Waals surface area contributed by atoms with Crippen molar-refractivity contribution >= 4 is 29.2 Å². The molecule has 0 radical (unpaired) electrons. The van der Waals surface area contributed by atoms with Crippen LogP contribution in [0.4, 0.5) is 5.69 Å². The molecule has 1 aromatic carbocycles.